The van der Waals surface area contributed by atoms with Crippen molar-refractivity contribution < 1.29 is 19.1 Å². The van der Waals surface area contributed by atoms with Crippen LogP contribution < -0.4 is 5.32 Å². The third-order valence-corrected chi connectivity index (χ3v) is 2.83. The highest BCUT2D eigenvalue weighted by Crippen LogP contribution is 2.25. The molecule has 5 heteroatoms. The summed E-state index contributed by atoms with van der Waals surface area (Å²) in [5, 5.41) is 11.1. The molecule has 0 fully saturated rings. The fourth-order valence-corrected chi connectivity index (χ4v) is 1.53. The summed E-state index contributed by atoms with van der Waals surface area (Å²) in [5.74, 6) is -2.14. The fourth-order valence-electron chi connectivity index (χ4n) is 1.53. The van der Waals surface area contributed by atoms with Gasteiger partial charge in [-0.25, -0.2) is 4.39 Å². The van der Waals surface area contributed by atoms with E-state index in [1.807, 2.05) is 0 Å². The summed E-state index contributed by atoms with van der Waals surface area (Å²) in [7, 11) is 0. The second-order valence-electron chi connectivity index (χ2n) is 4.64. The number of nitrogens with one attached hydrogen (secondary N) is 1. The molecule has 0 aliphatic heterocycles. The van der Waals surface area contributed by atoms with E-state index >= 15 is 0 Å². The van der Waals surface area contributed by atoms with Crippen molar-refractivity contribution in [3.05, 3.63) is 35.6 Å². The van der Waals surface area contributed by atoms with Gasteiger partial charge in [0, 0.05) is 5.56 Å². The highest BCUT2D eigenvalue weighted by molar-refractivity contribution is 5.90. The lowest BCUT2D eigenvalue weighted by Crippen LogP contribution is -2.47. The van der Waals surface area contributed by atoms with E-state index in [9.17, 15) is 14.0 Å². The van der Waals surface area contributed by atoms with E-state index < -0.39 is 29.2 Å². The minimum atomic E-state index is -1.13. The van der Waals surface area contributed by atoms with Crippen molar-refractivity contribution in [2.24, 2.45) is 0 Å². The van der Waals surface area contributed by atoms with Gasteiger partial charge in [0.15, 0.2) is 0 Å². The number of rotatable bonds is 4. The number of amides is 1. The minimum absolute atomic E-state index is 0.236. The first kappa shape index (κ1) is 14.2. The Morgan fingerprint density at radius 2 is 1.89 bits per heavy atom. The average Bonchev–Trinajstić information content (AvgIpc) is 2.28. The van der Waals surface area contributed by atoms with Gasteiger partial charge in [0.1, 0.15) is 11.9 Å². The number of carboxylic acid groups (broad SMARTS) is 1. The molecule has 98 valence electrons. The number of carbonyl (C=O) groups excluding carboxylic acids is 1. The number of hydrogen-bond donors (Lipinski definition) is 2. The summed E-state index contributed by atoms with van der Waals surface area (Å²) in [6.45, 7) is 4.46. The van der Waals surface area contributed by atoms with Crippen molar-refractivity contribution in [1.29, 1.82) is 0 Å². The van der Waals surface area contributed by atoms with Crippen molar-refractivity contribution in [3.8, 4) is 0 Å². The van der Waals surface area contributed by atoms with Crippen LogP contribution in [-0.4, -0.2) is 23.0 Å². The Bertz CT molecular complexity index is 471. The molecule has 18 heavy (non-hydrogen) atoms. The van der Waals surface area contributed by atoms with Crippen LogP contribution in [0.2, 0.25) is 0 Å². The zero-order chi connectivity index (χ0) is 13.9. The van der Waals surface area contributed by atoms with Crippen LogP contribution in [0.5, 0.6) is 0 Å². The first-order chi connectivity index (χ1) is 8.26. The first-order valence-corrected chi connectivity index (χ1v) is 5.55. The van der Waals surface area contributed by atoms with E-state index in [4.69, 9.17) is 5.11 Å². The lowest BCUT2D eigenvalue weighted by atomic mass is 9.83. The van der Waals surface area contributed by atoms with Gasteiger partial charge < -0.3 is 10.4 Å². The molecular formula is C13H16FNO3. The molecule has 1 atom stereocenters. The summed E-state index contributed by atoms with van der Waals surface area (Å²) in [4.78, 5) is 22.7. The number of benzene rings is 1. The van der Waals surface area contributed by atoms with Gasteiger partial charge in [-0.05, 0) is 26.8 Å². The fraction of sp³-hybridized carbons (Fsp3) is 0.385. The molecule has 4 nitrogen and oxygen atoms in total. The van der Waals surface area contributed by atoms with Crippen molar-refractivity contribution in [3.63, 3.8) is 0 Å². The average molecular weight is 253 g/mol. The highest BCUT2D eigenvalue weighted by Gasteiger charge is 2.33. The molecule has 2 N–H and O–H groups in total. The number of halogens is 1. The second-order valence-corrected chi connectivity index (χ2v) is 4.64. The molecule has 0 aliphatic rings. The molecule has 1 rings (SSSR count). The highest BCUT2D eigenvalue weighted by atomic mass is 19.1. The van der Waals surface area contributed by atoms with Gasteiger partial charge in [0.2, 0.25) is 5.91 Å². The molecule has 0 bridgehead atoms. The standard InChI is InChI=1S/C13H16FNO3/c1-8(11(16)17)15-12(18)13(2,3)9-6-4-5-7-10(9)14/h4-8H,1-3H3,(H,15,18)(H,16,17)/t8-/m1/s1. The summed E-state index contributed by atoms with van der Waals surface area (Å²) in [5.41, 5.74) is -0.894. The van der Waals surface area contributed by atoms with Crippen LogP contribution in [0, 0.1) is 5.82 Å². The Morgan fingerprint density at radius 3 is 2.39 bits per heavy atom. The van der Waals surface area contributed by atoms with Crippen LogP contribution in [0.1, 0.15) is 26.3 Å². The molecule has 0 aromatic heterocycles. The maximum Gasteiger partial charge on any atom is 0.325 e. The van der Waals surface area contributed by atoms with E-state index in [0.29, 0.717) is 0 Å². The lowest BCUT2D eigenvalue weighted by molar-refractivity contribution is -0.142. The molecule has 0 unspecified atom stereocenters. The zero-order valence-corrected chi connectivity index (χ0v) is 10.5. The molecule has 0 radical (unpaired) electrons. The van der Waals surface area contributed by atoms with E-state index in [0.717, 1.165) is 0 Å². The minimum Gasteiger partial charge on any atom is -0.480 e. The predicted molar refractivity (Wildman–Crippen MR) is 64.7 cm³/mol. The summed E-state index contributed by atoms with van der Waals surface area (Å²) in [6.07, 6.45) is 0. The van der Waals surface area contributed by atoms with E-state index in [1.165, 1.54) is 25.1 Å². The van der Waals surface area contributed by atoms with Crippen LogP contribution >= 0.6 is 0 Å². The predicted octanol–water partition coefficient (Wildman–Crippen LogP) is 1.69. The molecule has 0 spiro atoms. The molecule has 0 heterocycles. The van der Waals surface area contributed by atoms with Crippen molar-refractivity contribution in [2.75, 3.05) is 0 Å². The molecule has 0 saturated carbocycles. The Morgan fingerprint density at radius 1 is 1.33 bits per heavy atom. The lowest BCUT2D eigenvalue weighted by Gasteiger charge is -2.25. The normalized spacial score (nSPS) is 12.9. The number of hydrogen-bond acceptors (Lipinski definition) is 2. The van der Waals surface area contributed by atoms with Gasteiger partial charge in [-0.15, -0.1) is 0 Å². The number of carboxylic acids is 1. The van der Waals surface area contributed by atoms with E-state index in [1.54, 1.807) is 19.9 Å². The number of aliphatic carboxylic acids is 1. The van der Waals surface area contributed by atoms with Crippen LogP contribution in [-0.2, 0) is 15.0 Å². The van der Waals surface area contributed by atoms with Gasteiger partial charge in [-0.2, -0.15) is 0 Å². The second kappa shape index (κ2) is 5.16. The summed E-state index contributed by atoms with van der Waals surface area (Å²) >= 11 is 0. The first-order valence-electron chi connectivity index (χ1n) is 5.55. The van der Waals surface area contributed by atoms with Crippen LogP contribution in [0.25, 0.3) is 0 Å². The Kier molecular flexibility index (Phi) is 4.06. The number of carbonyl (C=O) groups is 2. The maximum absolute atomic E-state index is 13.6. The smallest absolute Gasteiger partial charge is 0.325 e. The SMILES string of the molecule is C[C@@H](NC(=O)C(C)(C)c1ccccc1F)C(=O)O. The molecule has 0 aliphatic carbocycles. The van der Waals surface area contributed by atoms with Crippen LogP contribution in [0.4, 0.5) is 4.39 Å². The monoisotopic (exact) mass is 253 g/mol. The van der Waals surface area contributed by atoms with Crippen molar-refractivity contribution >= 4 is 11.9 Å². The third-order valence-electron chi connectivity index (χ3n) is 2.83. The molecule has 1 aromatic carbocycles. The molecule has 1 amide bonds. The Hall–Kier alpha value is -1.91. The van der Waals surface area contributed by atoms with Crippen molar-refractivity contribution in [1.82, 2.24) is 5.32 Å². The topological polar surface area (TPSA) is 66.4 Å². The molecule has 1 aromatic rings. The van der Waals surface area contributed by atoms with Gasteiger partial charge in [0.05, 0.1) is 5.41 Å². The largest absolute Gasteiger partial charge is 0.480 e. The van der Waals surface area contributed by atoms with Gasteiger partial charge in [0.25, 0.3) is 0 Å². The van der Waals surface area contributed by atoms with Crippen LogP contribution in [0.3, 0.4) is 0 Å². The Balaban J connectivity index is 2.97. The summed E-state index contributed by atoms with van der Waals surface area (Å²) < 4.78 is 13.6. The summed E-state index contributed by atoms with van der Waals surface area (Å²) in [6, 6.07) is 4.94. The van der Waals surface area contributed by atoms with Gasteiger partial charge >= 0.3 is 5.97 Å². The zero-order valence-electron chi connectivity index (χ0n) is 10.5. The van der Waals surface area contributed by atoms with E-state index in [-0.39, 0.29) is 5.56 Å². The molecular weight excluding hydrogens is 237 g/mol. The van der Waals surface area contributed by atoms with Crippen LogP contribution in [0.15, 0.2) is 24.3 Å². The third kappa shape index (κ3) is 2.85. The quantitative estimate of drug-likeness (QED) is 0.858. The van der Waals surface area contributed by atoms with Gasteiger partial charge in [-0.1, -0.05) is 18.2 Å². The van der Waals surface area contributed by atoms with Crippen molar-refractivity contribution in [2.45, 2.75) is 32.2 Å². The Labute approximate surface area is 105 Å². The molecule has 0 saturated heterocycles. The van der Waals surface area contributed by atoms with E-state index in [2.05, 4.69) is 5.32 Å². The van der Waals surface area contributed by atoms with Gasteiger partial charge in [-0.3, -0.25) is 9.59 Å². The maximum atomic E-state index is 13.6.